The second kappa shape index (κ2) is 7.51. The van der Waals surface area contributed by atoms with Crippen LogP contribution in [0.15, 0.2) is 36.4 Å². The molecule has 0 saturated heterocycles. The van der Waals surface area contributed by atoms with Crippen molar-refractivity contribution in [1.82, 2.24) is 4.72 Å². The summed E-state index contributed by atoms with van der Waals surface area (Å²) in [5.74, 6) is -3.90. The van der Waals surface area contributed by atoms with E-state index in [4.69, 9.17) is 4.74 Å². The number of alkyl halides is 3. The fourth-order valence-electron chi connectivity index (χ4n) is 2.02. The van der Waals surface area contributed by atoms with Gasteiger partial charge in [0.1, 0.15) is 24.0 Å². The number of benzene rings is 2. The zero-order chi connectivity index (χ0) is 20.4. The van der Waals surface area contributed by atoms with Crippen LogP contribution in [-0.4, -0.2) is 20.6 Å². The maximum absolute atomic E-state index is 14.0. The summed E-state index contributed by atoms with van der Waals surface area (Å²) in [6.07, 6.45) is -3.93. The lowest BCUT2D eigenvalue weighted by molar-refractivity contribution is -0.137. The van der Waals surface area contributed by atoms with Crippen molar-refractivity contribution in [2.24, 2.45) is 0 Å². The number of sulfonamides is 1. The van der Waals surface area contributed by atoms with Crippen LogP contribution in [0.5, 0.6) is 5.75 Å². The SMILES string of the molecule is CS(=O)(=O)NC(=O)c1cc(F)c(COc2cccc(C(F)(F)F)c2)cc1F. The molecule has 0 spiro atoms. The van der Waals surface area contributed by atoms with Crippen molar-refractivity contribution >= 4 is 15.9 Å². The Morgan fingerprint density at radius 3 is 2.37 bits per heavy atom. The Hall–Kier alpha value is -2.69. The van der Waals surface area contributed by atoms with Crippen LogP contribution in [0, 0.1) is 11.6 Å². The first-order valence-corrected chi connectivity index (χ1v) is 9.06. The molecule has 1 N–H and O–H groups in total. The van der Waals surface area contributed by atoms with E-state index in [-0.39, 0.29) is 11.3 Å². The zero-order valence-corrected chi connectivity index (χ0v) is 14.4. The number of nitrogens with one attached hydrogen (secondary N) is 1. The van der Waals surface area contributed by atoms with E-state index in [9.17, 15) is 35.2 Å². The normalized spacial score (nSPS) is 11.9. The highest BCUT2D eigenvalue weighted by atomic mass is 32.2. The van der Waals surface area contributed by atoms with Gasteiger partial charge in [-0.3, -0.25) is 4.79 Å². The fraction of sp³-hybridized carbons (Fsp3) is 0.188. The van der Waals surface area contributed by atoms with Crippen LogP contribution >= 0.6 is 0 Å². The van der Waals surface area contributed by atoms with E-state index in [1.807, 2.05) is 0 Å². The molecule has 2 rings (SSSR count). The molecule has 0 saturated carbocycles. The minimum atomic E-state index is -4.59. The van der Waals surface area contributed by atoms with E-state index in [2.05, 4.69) is 0 Å². The third kappa shape index (κ3) is 5.64. The van der Waals surface area contributed by atoms with Crippen LogP contribution in [-0.2, 0) is 22.8 Å². The average molecular weight is 409 g/mol. The standard InChI is InChI=1S/C16H12F5NO4S/c1-27(24,25)22-15(23)12-7-13(17)9(5-14(12)18)8-26-11-4-2-3-10(6-11)16(19,20)21/h2-7H,8H2,1H3,(H,22,23). The lowest BCUT2D eigenvalue weighted by Gasteiger charge is -2.12. The van der Waals surface area contributed by atoms with E-state index in [1.54, 1.807) is 0 Å². The van der Waals surface area contributed by atoms with Gasteiger partial charge >= 0.3 is 6.18 Å². The topological polar surface area (TPSA) is 72.5 Å². The molecular weight excluding hydrogens is 397 g/mol. The third-order valence-corrected chi connectivity index (χ3v) is 3.77. The lowest BCUT2D eigenvalue weighted by Crippen LogP contribution is -2.30. The first-order chi connectivity index (χ1) is 12.4. The summed E-state index contributed by atoms with van der Waals surface area (Å²) < 4.78 is 94.4. The Bertz CT molecular complexity index is 973. The zero-order valence-electron chi connectivity index (χ0n) is 13.6. The maximum atomic E-state index is 14.0. The second-order valence-electron chi connectivity index (χ2n) is 5.44. The molecule has 0 bridgehead atoms. The molecule has 0 aliphatic carbocycles. The third-order valence-electron chi connectivity index (χ3n) is 3.21. The second-order valence-corrected chi connectivity index (χ2v) is 7.19. The predicted molar refractivity (Wildman–Crippen MR) is 84.4 cm³/mol. The molecule has 5 nitrogen and oxygen atoms in total. The van der Waals surface area contributed by atoms with Crippen molar-refractivity contribution in [2.45, 2.75) is 12.8 Å². The van der Waals surface area contributed by atoms with E-state index < -0.39 is 51.5 Å². The van der Waals surface area contributed by atoms with Gasteiger partial charge in [-0.2, -0.15) is 13.2 Å². The molecular formula is C16H12F5NO4S. The number of carbonyl (C=O) groups is 1. The Labute approximate surface area is 150 Å². The highest BCUT2D eigenvalue weighted by Crippen LogP contribution is 2.31. The summed E-state index contributed by atoms with van der Waals surface area (Å²) in [5, 5.41) is 0. The van der Waals surface area contributed by atoms with Gasteiger partial charge < -0.3 is 4.74 Å². The van der Waals surface area contributed by atoms with Crippen molar-refractivity contribution in [3.05, 3.63) is 64.7 Å². The molecule has 2 aromatic carbocycles. The Kier molecular flexibility index (Phi) is 5.73. The predicted octanol–water partition coefficient (Wildman–Crippen LogP) is 3.25. The number of halogens is 5. The van der Waals surface area contributed by atoms with Crippen molar-refractivity contribution in [1.29, 1.82) is 0 Å². The van der Waals surface area contributed by atoms with Crippen LogP contribution in [0.3, 0.4) is 0 Å². The lowest BCUT2D eigenvalue weighted by atomic mass is 10.1. The van der Waals surface area contributed by atoms with Crippen LogP contribution in [0.4, 0.5) is 22.0 Å². The van der Waals surface area contributed by atoms with Crippen molar-refractivity contribution in [3.8, 4) is 5.75 Å². The van der Waals surface area contributed by atoms with Crippen molar-refractivity contribution < 1.29 is 39.9 Å². The molecule has 0 heterocycles. The molecule has 146 valence electrons. The van der Waals surface area contributed by atoms with Gasteiger partial charge in [-0.25, -0.2) is 21.9 Å². The molecule has 11 heteroatoms. The fourth-order valence-corrected chi connectivity index (χ4v) is 2.47. The molecule has 27 heavy (non-hydrogen) atoms. The number of hydrogen-bond acceptors (Lipinski definition) is 4. The first-order valence-electron chi connectivity index (χ1n) is 7.17. The molecule has 0 radical (unpaired) electrons. The summed E-state index contributed by atoms with van der Waals surface area (Å²) in [6, 6.07) is 4.89. The maximum Gasteiger partial charge on any atom is 0.416 e. The molecule has 0 aromatic heterocycles. The van der Waals surface area contributed by atoms with E-state index >= 15 is 0 Å². The molecule has 1 amide bonds. The van der Waals surface area contributed by atoms with Gasteiger partial charge in [0.05, 0.1) is 17.4 Å². The summed E-state index contributed by atoms with van der Waals surface area (Å²) in [4.78, 5) is 11.6. The van der Waals surface area contributed by atoms with E-state index in [0.29, 0.717) is 24.5 Å². The van der Waals surface area contributed by atoms with Gasteiger partial charge in [0.25, 0.3) is 5.91 Å². The van der Waals surface area contributed by atoms with Crippen molar-refractivity contribution in [2.75, 3.05) is 6.26 Å². The summed E-state index contributed by atoms with van der Waals surface area (Å²) in [7, 11) is -3.98. The minimum Gasteiger partial charge on any atom is -0.489 e. The number of carbonyl (C=O) groups excluding carboxylic acids is 1. The molecule has 0 atom stereocenters. The molecule has 0 fully saturated rings. The van der Waals surface area contributed by atoms with E-state index in [1.165, 1.54) is 10.8 Å². The van der Waals surface area contributed by atoms with Gasteiger partial charge in [0.15, 0.2) is 0 Å². The number of hydrogen-bond donors (Lipinski definition) is 1. The Morgan fingerprint density at radius 2 is 1.78 bits per heavy atom. The van der Waals surface area contributed by atoms with Gasteiger partial charge in [-0.15, -0.1) is 0 Å². The highest BCUT2D eigenvalue weighted by Gasteiger charge is 2.30. The van der Waals surface area contributed by atoms with Crippen molar-refractivity contribution in [3.63, 3.8) is 0 Å². The largest absolute Gasteiger partial charge is 0.489 e. The number of rotatable bonds is 5. The van der Waals surface area contributed by atoms with Crippen LogP contribution < -0.4 is 9.46 Å². The summed E-state index contributed by atoms with van der Waals surface area (Å²) in [6.45, 7) is -0.613. The van der Waals surface area contributed by atoms with Crippen LogP contribution in [0.1, 0.15) is 21.5 Å². The molecule has 0 aliphatic heterocycles. The van der Waals surface area contributed by atoms with Gasteiger partial charge in [-0.05, 0) is 30.3 Å². The average Bonchev–Trinajstić information content (AvgIpc) is 2.53. The summed E-state index contributed by atoms with van der Waals surface area (Å²) in [5.41, 5.74) is -2.19. The summed E-state index contributed by atoms with van der Waals surface area (Å²) >= 11 is 0. The van der Waals surface area contributed by atoms with Gasteiger partial charge in [-0.1, -0.05) is 6.07 Å². The molecule has 0 unspecified atom stereocenters. The smallest absolute Gasteiger partial charge is 0.416 e. The quantitative estimate of drug-likeness (QED) is 0.770. The first kappa shape index (κ1) is 20.6. The van der Waals surface area contributed by atoms with E-state index in [0.717, 1.165) is 12.1 Å². The van der Waals surface area contributed by atoms with Crippen LogP contribution in [0.2, 0.25) is 0 Å². The monoisotopic (exact) mass is 409 g/mol. The minimum absolute atomic E-state index is 0.219. The molecule has 0 aliphatic rings. The van der Waals surface area contributed by atoms with Gasteiger partial charge in [0, 0.05) is 5.56 Å². The number of amides is 1. The Morgan fingerprint density at radius 1 is 1.11 bits per heavy atom. The highest BCUT2D eigenvalue weighted by molar-refractivity contribution is 7.89. The Balaban J connectivity index is 2.19. The van der Waals surface area contributed by atoms with Gasteiger partial charge in [0.2, 0.25) is 10.0 Å². The van der Waals surface area contributed by atoms with Crippen LogP contribution in [0.25, 0.3) is 0 Å². The molecule has 2 aromatic rings. The number of ether oxygens (including phenoxy) is 1.